The van der Waals surface area contributed by atoms with Crippen LogP contribution in [0.1, 0.15) is 69.4 Å². The number of carbonyl (C=O) groups is 1. The van der Waals surface area contributed by atoms with Gasteiger partial charge in [-0.15, -0.1) is 5.10 Å². The molecule has 0 bridgehead atoms. The molecule has 1 unspecified atom stereocenters. The van der Waals surface area contributed by atoms with Gasteiger partial charge in [-0.05, 0) is 84.7 Å². The summed E-state index contributed by atoms with van der Waals surface area (Å²) in [6, 6.07) is 14.6. The number of fused-ring (bicyclic) bond motifs is 5. The standard InChI is InChI=1S/C32H31FN4O2/c1-18-32(37(2)36-35-18)21-14-25-24(29(19-6-4-3-5-7-19)20-10-12-39-13-11-20)15-23-22-8-9-28(38)30(22)27(33)16-26(23)31(25)34-17-21/h3-7,14,16-17,20,24,29H,8-13,15H2,1-2H3/t24-,29?/m0/s1. The lowest BCUT2D eigenvalue weighted by Gasteiger charge is -2.40. The van der Waals surface area contributed by atoms with E-state index in [-0.39, 0.29) is 17.6 Å². The van der Waals surface area contributed by atoms with Crippen molar-refractivity contribution < 1.29 is 13.9 Å². The predicted molar refractivity (Wildman–Crippen MR) is 146 cm³/mol. The highest BCUT2D eigenvalue weighted by Crippen LogP contribution is 2.52. The zero-order valence-corrected chi connectivity index (χ0v) is 22.3. The molecule has 1 aliphatic heterocycles. The van der Waals surface area contributed by atoms with Crippen molar-refractivity contribution in [1.82, 2.24) is 20.0 Å². The van der Waals surface area contributed by atoms with E-state index in [1.807, 2.05) is 20.2 Å². The third-order valence-corrected chi connectivity index (χ3v) is 9.04. The van der Waals surface area contributed by atoms with E-state index in [0.29, 0.717) is 24.3 Å². The molecule has 0 N–H and O–H groups in total. The molecule has 0 saturated carbocycles. The lowest BCUT2D eigenvalue weighted by atomic mass is 9.65. The maximum atomic E-state index is 15.4. The Morgan fingerprint density at radius 2 is 1.87 bits per heavy atom. The number of carbonyl (C=O) groups excluding carboxylic acids is 1. The molecule has 0 radical (unpaired) electrons. The average Bonchev–Trinajstić information content (AvgIpc) is 3.52. The van der Waals surface area contributed by atoms with E-state index in [1.54, 1.807) is 10.7 Å². The molecule has 3 heterocycles. The number of aryl methyl sites for hydroxylation is 2. The largest absolute Gasteiger partial charge is 0.381 e. The van der Waals surface area contributed by atoms with Gasteiger partial charge in [0.05, 0.1) is 22.6 Å². The van der Waals surface area contributed by atoms with Crippen LogP contribution in [0, 0.1) is 18.7 Å². The number of rotatable bonds is 4. The van der Waals surface area contributed by atoms with Gasteiger partial charge in [0, 0.05) is 44.0 Å². The summed E-state index contributed by atoms with van der Waals surface area (Å²) in [6.45, 7) is 3.48. The van der Waals surface area contributed by atoms with Crippen LogP contribution in [0.25, 0.3) is 22.5 Å². The molecule has 198 valence electrons. The summed E-state index contributed by atoms with van der Waals surface area (Å²) in [5, 5.41) is 8.48. The molecule has 0 amide bonds. The number of Topliss-reactive ketones (excluding diaryl/α,β-unsaturated/α-hetero) is 1. The summed E-state index contributed by atoms with van der Waals surface area (Å²) in [5.41, 5.74) is 9.12. The molecule has 2 aliphatic carbocycles. The lowest BCUT2D eigenvalue weighted by Crippen LogP contribution is -2.29. The Hall–Kier alpha value is -3.71. The minimum atomic E-state index is -0.419. The van der Waals surface area contributed by atoms with E-state index < -0.39 is 5.82 Å². The number of ketones is 1. The second-order valence-electron chi connectivity index (χ2n) is 11.2. The van der Waals surface area contributed by atoms with Crippen molar-refractivity contribution in [3.8, 4) is 22.5 Å². The van der Waals surface area contributed by atoms with E-state index >= 15 is 4.39 Å². The lowest BCUT2D eigenvalue weighted by molar-refractivity contribution is 0.0542. The highest BCUT2D eigenvalue weighted by molar-refractivity contribution is 6.02. The highest BCUT2D eigenvalue weighted by Gasteiger charge is 2.40. The Morgan fingerprint density at radius 3 is 2.62 bits per heavy atom. The number of pyridine rings is 1. The Morgan fingerprint density at radius 1 is 1.08 bits per heavy atom. The molecule has 1 fully saturated rings. The van der Waals surface area contributed by atoms with Gasteiger partial charge >= 0.3 is 0 Å². The van der Waals surface area contributed by atoms with E-state index in [2.05, 4.69) is 46.7 Å². The molecule has 1 saturated heterocycles. The quantitative estimate of drug-likeness (QED) is 0.330. The Balaban J connectivity index is 1.47. The van der Waals surface area contributed by atoms with E-state index in [4.69, 9.17) is 9.72 Å². The zero-order valence-electron chi connectivity index (χ0n) is 22.3. The Labute approximate surface area is 227 Å². The van der Waals surface area contributed by atoms with Crippen molar-refractivity contribution >= 4 is 5.78 Å². The van der Waals surface area contributed by atoms with Gasteiger partial charge in [0.2, 0.25) is 0 Å². The van der Waals surface area contributed by atoms with Crippen molar-refractivity contribution in [2.75, 3.05) is 13.2 Å². The first-order valence-corrected chi connectivity index (χ1v) is 13.9. The average molecular weight is 523 g/mol. The zero-order chi connectivity index (χ0) is 26.7. The summed E-state index contributed by atoms with van der Waals surface area (Å²) >= 11 is 0. The van der Waals surface area contributed by atoms with Gasteiger partial charge in [0.25, 0.3) is 0 Å². The maximum absolute atomic E-state index is 15.4. The fraction of sp³-hybridized carbons (Fsp3) is 0.375. The number of benzene rings is 2. The number of aromatic nitrogens is 4. The predicted octanol–water partition coefficient (Wildman–Crippen LogP) is 5.97. The normalized spacial score (nSPS) is 19.5. The van der Waals surface area contributed by atoms with Crippen molar-refractivity contribution in [3.05, 3.63) is 88.0 Å². The molecule has 2 aromatic heterocycles. The summed E-state index contributed by atoms with van der Waals surface area (Å²) < 4.78 is 22.9. The Bertz CT molecular complexity index is 1570. The number of halogens is 1. The minimum Gasteiger partial charge on any atom is -0.381 e. The molecule has 6 nitrogen and oxygen atoms in total. The van der Waals surface area contributed by atoms with Crippen molar-refractivity contribution in [2.45, 2.75) is 50.9 Å². The molecule has 4 aromatic rings. The first kappa shape index (κ1) is 24.3. The molecule has 0 spiro atoms. The summed E-state index contributed by atoms with van der Waals surface area (Å²) in [4.78, 5) is 17.7. The van der Waals surface area contributed by atoms with Gasteiger partial charge in [-0.2, -0.15) is 0 Å². The topological polar surface area (TPSA) is 69.9 Å². The van der Waals surface area contributed by atoms with Crippen molar-refractivity contribution in [1.29, 1.82) is 0 Å². The number of ether oxygens (including phenoxy) is 1. The van der Waals surface area contributed by atoms with Crippen LogP contribution in [0.3, 0.4) is 0 Å². The Kier molecular flexibility index (Phi) is 5.92. The van der Waals surface area contributed by atoms with Crippen LogP contribution in [0.5, 0.6) is 0 Å². The van der Waals surface area contributed by atoms with Crippen molar-refractivity contribution in [2.24, 2.45) is 13.0 Å². The molecule has 2 atom stereocenters. The first-order chi connectivity index (χ1) is 19.0. The fourth-order valence-electron chi connectivity index (χ4n) is 7.34. The monoisotopic (exact) mass is 522 g/mol. The SMILES string of the molecule is Cc1nnn(C)c1-c1cnc2c(c1)[C@@H](C(c1ccccc1)C1CCOCC1)Cc1c-2cc(F)c2c1CCC2=O. The van der Waals surface area contributed by atoms with Crippen LogP contribution < -0.4 is 0 Å². The van der Waals surface area contributed by atoms with Gasteiger partial charge in [-0.1, -0.05) is 35.5 Å². The van der Waals surface area contributed by atoms with Crippen LogP contribution >= 0.6 is 0 Å². The molecule has 39 heavy (non-hydrogen) atoms. The van der Waals surface area contributed by atoms with E-state index in [1.165, 1.54) is 5.56 Å². The highest BCUT2D eigenvalue weighted by atomic mass is 19.1. The molecule has 2 aromatic carbocycles. The summed E-state index contributed by atoms with van der Waals surface area (Å²) in [5.74, 6) is 0.302. The van der Waals surface area contributed by atoms with Crippen LogP contribution in [0.2, 0.25) is 0 Å². The van der Waals surface area contributed by atoms with Crippen LogP contribution in [0.15, 0.2) is 48.7 Å². The third-order valence-electron chi connectivity index (χ3n) is 9.04. The van der Waals surface area contributed by atoms with Gasteiger partial charge < -0.3 is 4.74 Å². The first-order valence-electron chi connectivity index (χ1n) is 13.9. The minimum absolute atomic E-state index is 0.0841. The third kappa shape index (κ3) is 3.94. The van der Waals surface area contributed by atoms with Gasteiger partial charge in [-0.25, -0.2) is 9.07 Å². The van der Waals surface area contributed by atoms with Gasteiger partial charge in [0.15, 0.2) is 5.78 Å². The number of hydrogen-bond acceptors (Lipinski definition) is 5. The van der Waals surface area contributed by atoms with E-state index in [9.17, 15) is 4.79 Å². The number of hydrogen-bond donors (Lipinski definition) is 0. The maximum Gasteiger partial charge on any atom is 0.166 e. The second kappa shape index (κ2) is 9.49. The molecular formula is C32H31FN4O2. The van der Waals surface area contributed by atoms with Crippen LogP contribution in [-0.2, 0) is 24.6 Å². The summed E-state index contributed by atoms with van der Waals surface area (Å²) in [7, 11) is 1.89. The number of nitrogens with zero attached hydrogens (tertiary/aromatic N) is 4. The second-order valence-corrected chi connectivity index (χ2v) is 11.2. The van der Waals surface area contributed by atoms with Gasteiger partial charge in [0.1, 0.15) is 5.82 Å². The fourth-order valence-corrected chi connectivity index (χ4v) is 7.34. The molecule has 3 aliphatic rings. The van der Waals surface area contributed by atoms with Crippen molar-refractivity contribution in [3.63, 3.8) is 0 Å². The van der Waals surface area contributed by atoms with Gasteiger partial charge in [-0.3, -0.25) is 9.78 Å². The smallest absolute Gasteiger partial charge is 0.166 e. The van der Waals surface area contributed by atoms with Crippen LogP contribution in [0.4, 0.5) is 4.39 Å². The molecule has 7 heteroatoms. The van der Waals surface area contributed by atoms with Crippen LogP contribution in [-0.4, -0.2) is 39.0 Å². The molecular weight excluding hydrogens is 491 g/mol. The summed E-state index contributed by atoms with van der Waals surface area (Å²) in [6.07, 6.45) is 5.58. The van der Waals surface area contributed by atoms with E-state index in [0.717, 1.165) is 77.4 Å². The molecule has 7 rings (SSSR count).